The minimum Gasteiger partial charge on any atom is -0.390 e. The molecule has 0 bridgehead atoms. The van der Waals surface area contributed by atoms with Crippen LogP contribution in [0.4, 0.5) is 0 Å². The maximum absolute atomic E-state index is 15.1. The third kappa shape index (κ3) is 21.7. The maximum atomic E-state index is 15.1. The topological polar surface area (TPSA) is 279 Å². The normalized spacial score (nSPS) is 26.9. The van der Waals surface area contributed by atoms with Crippen molar-refractivity contribution in [2.24, 2.45) is 41.4 Å². The van der Waals surface area contributed by atoms with Crippen molar-refractivity contribution in [3.63, 3.8) is 0 Å². The molecule has 1 aliphatic rings. The van der Waals surface area contributed by atoms with E-state index >= 15 is 9.59 Å². The first-order chi connectivity index (χ1) is 39.2. The van der Waals surface area contributed by atoms with Gasteiger partial charge in [0.25, 0.3) is 0 Å². The van der Waals surface area contributed by atoms with E-state index in [0.717, 1.165) is 9.80 Å². The van der Waals surface area contributed by atoms with Gasteiger partial charge in [0.2, 0.25) is 65.0 Å². The van der Waals surface area contributed by atoms with Crippen molar-refractivity contribution < 1.29 is 57.8 Å². The molecule has 0 aliphatic carbocycles. The van der Waals surface area contributed by atoms with Crippen LogP contribution in [0.3, 0.4) is 0 Å². The molecule has 0 radical (unpaired) electrons. The fourth-order valence-corrected chi connectivity index (χ4v) is 10.7. The Kier molecular flexibility index (Phi) is 31.5. The van der Waals surface area contributed by atoms with Crippen molar-refractivity contribution in [2.45, 2.75) is 223 Å². The number of nitrogens with zero attached hydrogens (tertiary/aromatic N) is 7. The second kappa shape index (κ2) is 34.9. The number of amides is 11. The SMILES string of the molecule is CC=CC[C@@H](C)[C@@H](O)[C@H]1C(=O)N[C@@H](CC)C(=O)N(C)CC(=O)N(C)[C@H](CC(C)C)C(=O)N[C@@H](C(C)C)C(=O)N(C)[C@@H](CC(C)C)C(=O)N[C@@H](C)C(=O)N[C@H](C)C(=O)N(C)[C@@H](CC(C)C)C(=O)N(C)[C@H](CC(C)C)C(=O)N(C)[C@@H](C(C)C)C(=O)N1C. The summed E-state index contributed by atoms with van der Waals surface area (Å²) in [5.74, 6) is -9.71. The minimum atomic E-state index is -1.61. The van der Waals surface area contributed by atoms with Crippen LogP contribution in [0.2, 0.25) is 0 Å². The number of likely N-dealkylation sites (N-methyl/N-ethyl adjacent to an activating group) is 7. The highest BCUT2D eigenvalue weighted by atomic mass is 16.3. The number of aliphatic hydroxyl groups is 1. The van der Waals surface area contributed by atoms with Gasteiger partial charge in [-0.3, -0.25) is 52.7 Å². The zero-order valence-electron chi connectivity index (χ0n) is 56.1. The van der Waals surface area contributed by atoms with Gasteiger partial charge in [0, 0.05) is 49.3 Å². The molecule has 1 heterocycles. The molecule has 85 heavy (non-hydrogen) atoms. The van der Waals surface area contributed by atoms with Crippen LogP contribution < -0.4 is 21.3 Å². The van der Waals surface area contributed by atoms with Crippen molar-refractivity contribution in [3.8, 4) is 0 Å². The number of rotatable bonds is 15. The summed E-state index contributed by atoms with van der Waals surface area (Å²) in [6, 6.07) is -12.3. The van der Waals surface area contributed by atoms with E-state index in [1.54, 1.807) is 54.5 Å². The Morgan fingerprint density at radius 2 is 0.871 bits per heavy atom. The molecule has 0 aromatic rings. The Morgan fingerprint density at radius 1 is 0.459 bits per heavy atom. The largest absolute Gasteiger partial charge is 0.390 e. The maximum Gasteiger partial charge on any atom is 0.246 e. The number of hydrogen-bond acceptors (Lipinski definition) is 12. The van der Waals surface area contributed by atoms with Crippen molar-refractivity contribution in [3.05, 3.63) is 12.2 Å². The van der Waals surface area contributed by atoms with Crippen molar-refractivity contribution in [1.29, 1.82) is 0 Å². The first kappa shape index (κ1) is 76.9. The van der Waals surface area contributed by atoms with Gasteiger partial charge in [-0.15, -0.1) is 0 Å². The molecule has 23 nitrogen and oxygen atoms in total. The van der Waals surface area contributed by atoms with Gasteiger partial charge < -0.3 is 60.7 Å². The molecule has 0 spiro atoms. The highest BCUT2D eigenvalue weighted by molar-refractivity contribution is 5.99. The van der Waals surface area contributed by atoms with Crippen LogP contribution in [-0.2, 0) is 52.7 Å². The lowest BCUT2D eigenvalue weighted by Crippen LogP contribution is -2.63. The summed E-state index contributed by atoms with van der Waals surface area (Å²) in [4.78, 5) is 169. The van der Waals surface area contributed by atoms with Crippen LogP contribution in [0.15, 0.2) is 12.2 Å². The van der Waals surface area contributed by atoms with Gasteiger partial charge in [-0.2, -0.15) is 0 Å². The van der Waals surface area contributed by atoms with E-state index in [9.17, 15) is 48.3 Å². The summed E-state index contributed by atoms with van der Waals surface area (Å²) in [6.45, 7) is 29.3. The third-order valence-corrected chi connectivity index (χ3v) is 16.1. The van der Waals surface area contributed by atoms with Crippen LogP contribution in [-0.4, -0.2) is 227 Å². The van der Waals surface area contributed by atoms with Gasteiger partial charge in [0.1, 0.15) is 60.4 Å². The summed E-state index contributed by atoms with van der Waals surface area (Å²) in [5, 5.41) is 23.1. The summed E-state index contributed by atoms with van der Waals surface area (Å²) >= 11 is 0. The molecule has 1 rings (SSSR count). The molecule has 23 heteroatoms. The summed E-state index contributed by atoms with van der Waals surface area (Å²) in [5.41, 5.74) is 0. The molecule has 0 saturated carbocycles. The second-order valence-corrected chi connectivity index (χ2v) is 26.1. The lowest BCUT2D eigenvalue weighted by Gasteiger charge is -2.41. The Labute approximate surface area is 508 Å². The molecule has 0 unspecified atom stereocenters. The van der Waals surface area contributed by atoms with Crippen molar-refractivity contribution >= 4 is 65.0 Å². The molecule has 5 N–H and O–H groups in total. The highest BCUT2D eigenvalue weighted by Gasteiger charge is 2.45. The van der Waals surface area contributed by atoms with Crippen LogP contribution in [0, 0.1) is 41.4 Å². The monoisotopic (exact) mass is 1200 g/mol. The molecule has 1 fully saturated rings. The van der Waals surface area contributed by atoms with Crippen molar-refractivity contribution in [2.75, 3.05) is 55.9 Å². The van der Waals surface area contributed by atoms with Gasteiger partial charge in [-0.05, 0) is 101 Å². The summed E-state index contributed by atoms with van der Waals surface area (Å²) in [7, 11) is 9.92. The fourth-order valence-electron chi connectivity index (χ4n) is 10.7. The van der Waals surface area contributed by atoms with Crippen molar-refractivity contribution in [1.82, 2.24) is 55.6 Å². The van der Waals surface area contributed by atoms with E-state index in [0.29, 0.717) is 6.42 Å². The van der Waals surface area contributed by atoms with E-state index in [2.05, 4.69) is 21.3 Å². The van der Waals surface area contributed by atoms with Gasteiger partial charge in [0.05, 0.1) is 12.6 Å². The molecular weight excluding hydrogens is 1090 g/mol. The predicted octanol–water partition coefficient (Wildman–Crippen LogP) is 3.27. The van der Waals surface area contributed by atoms with E-state index in [1.807, 2.05) is 61.5 Å². The third-order valence-electron chi connectivity index (χ3n) is 16.1. The van der Waals surface area contributed by atoms with Gasteiger partial charge >= 0.3 is 0 Å². The number of nitrogens with one attached hydrogen (secondary N) is 4. The van der Waals surface area contributed by atoms with Crippen LogP contribution in [0.1, 0.15) is 156 Å². The quantitative estimate of drug-likeness (QED) is 0.148. The lowest BCUT2D eigenvalue weighted by molar-refractivity contribution is -0.157. The molecule has 0 aromatic carbocycles. The average Bonchev–Trinajstić information content (AvgIpc) is 3.62. The average molecular weight is 1200 g/mol. The molecule has 0 aromatic heterocycles. The Morgan fingerprint density at radius 3 is 1.32 bits per heavy atom. The molecule has 1 saturated heterocycles. The minimum absolute atomic E-state index is 0.0229. The van der Waals surface area contributed by atoms with E-state index in [1.165, 1.54) is 87.7 Å². The van der Waals surface area contributed by atoms with Gasteiger partial charge in [-0.1, -0.05) is 109 Å². The molecule has 1 aliphatic heterocycles. The Balaban J connectivity index is 4.32. The summed E-state index contributed by atoms with van der Waals surface area (Å²) < 4.78 is 0. The molecule has 486 valence electrons. The zero-order chi connectivity index (χ0) is 66.0. The zero-order valence-corrected chi connectivity index (χ0v) is 56.1. The second-order valence-electron chi connectivity index (χ2n) is 26.1. The standard InChI is InChI=1S/C62H111N11O12/c1-25-27-28-40(15)52(75)51-56(79)65-43(26-2)58(81)67(18)33-48(74)68(19)44(29-34(3)4)55(78)66-49(38(11)12)61(84)69(20)45(30-35(5)6)54(77)63-41(16)53(76)64-42(17)57(80)70(21)46(31-36(7)8)59(82)71(22)47(32-37(9)10)60(83)72(23)50(39(13)14)62(85)73(51)24/h25,27,34-47,49-52,75H,26,28-33H2,1-24H3,(H,63,77)(H,64,76)(H,65,79)(H,66,78)/t40-,41+,42-,43+,44-,45+,46+,47-,49+,50+,51+,52-/m1/s1. The van der Waals surface area contributed by atoms with Crippen LogP contribution in [0.5, 0.6) is 0 Å². The van der Waals surface area contributed by atoms with E-state index in [4.69, 9.17) is 0 Å². The first-order valence-electron chi connectivity index (χ1n) is 30.6. The number of allylic oxidation sites excluding steroid dienone is 2. The predicted molar refractivity (Wildman–Crippen MR) is 328 cm³/mol. The number of carbonyl (C=O) groups is 11. The molecular formula is C62H111N11O12. The van der Waals surface area contributed by atoms with E-state index < -0.39 is 156 Å². The lowest BCUT2D eigenvalue weighted by atomic mass is 9.91. The Hall–Kier alpha value is -6.13. The van der Waals surface area contributed by atoms with Crippen LogP contribution >= 0.6 is 0 Å². The number of hydrogen-bond donors (Lipinski definition) is 5. The molecule has 12 atom stereocenters. The van der Waals surface area contributed by atoms with E-state index in [-0.39, 0.29) is 55.8 Å². The van der Waals surface area contributed by atoms with Gasteiger partial charge in [0.15, 0.2) is 0 Å². The smallest absolute Gasteiger partial charge is 0.246 e. The fraction of sp³-hybridized carbons (Fsp3) is 0.790. The Bertz CT molecular complexity index is 2330. The highest BCUT2D eigenvalue weighted by Crippen LogP contribution is 2.26. The van der Waals surface area contributed by atoms with Gasteiger partial charge in [-0.25, -0.2) is 0 Å². The number of carbonyl (C=O) groups excluding carboxylic acids is 11. The summed E-state index contributed by atoms with van der Waals surface area (Å²) in [6.07, 6.45) is 3.04. The molecule has 11 amide bonds. The van der Waals surface area contributed by atoms with Crippen LogP contribution in [0.25, 0.3) is 0 Å². The first-order valence-corrected chi connectivity index (χ1v) is 30.6. The number of aliphatic hydroxyl groups excluding tert-OH is 1.